The fraction of sp³-hybridized carbons (Fsp3) is 0.167. The van der Waals surface area contributed by atoms with Gasteiger partial charge in [-0.05, 0) is 42.5 Å². The molecule has 2 heterocycles. The van der Waals surface area contributed by atoms with Crippen molar-refractivity contribution in [1.82, 2.24) is 9.13 Å². The number of hydrogen-bond acceptors (Lipinski definition) is 3. The first-order valence-corrected chi connectivity index (χ1v) is 9.39. The molecule has 1 aliphatic rings. The molecule has 0 aliphatic carbocycles. The molecule has 1 aromatic heterocycles. The van der Waals surface area contributed by atoms with Gasteiger partial charge in [0.1, 0.15) is 11.9 Å². The summed E-state index contributed by atoms with van der Waals surface area (Å²) in [6, 6.07) is 12.2. The molecule has 0 radical (unpaired) electrons. The van der Waals surface area contributed by atoms with Gasteiger partial charge in [0.15, 0.2) is 0 Å². The minimum Gasteiger partial charge on any atom is -0.493 e. The molecule has 0 saturated carbocycles. The number of fused-ring (bicyclic) bond motifs is 1. The first-order chi connectivity index (χ1) is 12.4. The number of hydrogen-bond donors (Lipinski definition) is 1. The van der Waals surface area contributed by atoms with Crippen LogP contribution < -0.4 is 10.4 Å². The van der Waals surface area contributed by atoms with Crippen molar-refractivity contribution in [2.24, 2.45) is 0 Å². The molecule has 0 unspecified atom stereocenters. The summed E-state index contributed by atoms with van der Waals surface area (Å²) in [7, 11) is 0. The third-order valence-electron chi connectivity index (χ3n) is 4.25. The highest BCUT2D eigenvalue weighted by atomic mass is 79.9. The molecule has 0 amide bonds. The summed E-state index contributed by atoms with van der Waals surface area (Å²) in [5, 5.41) is 11.4. The Bertz CT molecular complexity index is 1020. The Kier molecular flexibility index (Phi) is 4.50. The van der Waals surface area contributed by atoms with Crippen LogP contribution in [-0.2, 0) is 13.0 Å². The second-order valence-corrected chi connectivity index (χ2v) is 7.81. The molecule has 3 aromatic rings. The lowest BCUT2D eigenvalue weighted by atomic mass is 10.2. The fourth-order valence-corrected chi connectivity index (χ4v) is 3.91. The Hall–Kier alpha value is -1.89. The van der Waals surface area contributed by atoms with E-state index in [1.54, 1.807) is 18.2 Å². The molecule has 26 heavy (non-hydrogen) atoms. The minimum absolute atomic E-state index is 0.116. The van der Waals surface area contributed by atoms with Gasteiger partial charge in [-0.2, -0.15) is 0 Å². The van der Waals surface area contributed by atoms with E-state index in [1.165, 1.54) is 9.13 Å². The van der Waals surface area contributed by atoms with Gasteiger partial charge in [0.2, 0.25) is 5.88 Å². The van der Waals surface area contributed by atoms with E-state index in [9.17, 15) is 9.90 Å². The molecule has 0 spiro atoms. The number of rotatable bonds is 3. The lowest BCUT2D eigenvalue weighted by molar-refractivity contribution is 0.200. The van der Waals surface area contributed by atoms with Gasteiger partial charge in [0.05, 0.1) is 17.9 Å². The van der Waals surface area contributed by atoms with Crippen LogP contribution in [0.1, 0.15) is 5.69 Å². The van der Waals surface area contributed by atoms with Gasteiger partial charge in [-0.15, -0.1) is 0 Å². The Morgan fingerprint density at radius 2 is 1.77 bits per heavy atom. The number of halogens is 3. The van der Waals surface area contributed by atoms with Crippen molar-refractivity contribution in [3.05, 3.63) is 73.2 Å². The van der Waals surface area contributed by atoms with E-state index >= 15 is 0 Å². The average molecular weight is 456 g/mol. The molecule has 1 aliphatic heterocycles. The monoisotopic (exact) mass is 454 g/mol. The van der Waals surface area contributed by atoms with E-state index in [0.29, 0.717) is 40.1 Å². The summed E-state index contributed by atoms with van der Waals surface area (Å²) in [6.45, 7) is 0.360. The first-order valence-electron chi connectivity index (χ1n) is 7.84. The summed E-state index contributed by atoms with van der Waals surface area (Å²) in [6.07, 6.45) is 0.209. The third-order valence-corrected chi connectivity index (χ3v) is 5.21. The van der Waals surface area contributed by atoms with Crippen LogP contribution in [0.4, 0.5) is 0 Å². The molecule has 0 bridgehead atoms. The molecular weight excluding hydrogens is 443 g/mol. The lowest BCUT2D eigenvalue weighted by Gasteiger charge is -2.13. The molecule has 1 N–H and O–H groups in total. The van der Waals surface area contributed by atoms with Crippen molar-refractivity contribution in [3.8, 4) is 17.3 Å². The Morgan fingerprint density at radius 1 is 1.12 bits per heavy atom. The van der Waals surface area contributed by atoms with Crippen molar-refractivity contribution >= 4 is 39.1 Å². The number of nitrogens with zero attached hydrogens (tertiary/aromatic N) is 2. The van der Waals surface area contributed by atoms with E-state index in [-0.39, 0.29) is 17.7 Å². The largest absolute Gasteiger partial charge is 0.493 e. The van der Waals surface area contributed by atoms with Crippen molar-refractivity contribution in [3.63, 3.8) is 0 Å². The van der Waals surface area contributed by atoms with Crippen molar-refractivity contribution in [2.75, 3.05) is 0 Å². The summed E-state index contributed by atoms with van der Waals surface area (Å²) in [4.78, 5) is 12.8. The Balaban J connectivity index is 1.64. The maximum atomic E-state index is 12.8. The molecule has 8 heteroatoms. The van der Waals surface area contributed by atoms with Gasteiger partial charge in [-0.3, -0.25) is 4.57 Å². The SMILES string of the molecule is O=c1n2c(c(O)n1-c1cc(Cl)cc(Cl)c1)C[C@H](Oc1ccc(Br)cc1)C2. The fourth-order valence-electron chi connectivity index (χ4n) is 3.14. The zero-order valence-corrected chi connectivity index (χ0v) is 16.4. The lowest BCUT2D eigenvalue weighted by Crippen LogP contribution is -2.27. The highest BCUT2D eigenvalue weighted by molar-refractivity contribution is 9.10. The molecule has 4 rings (SSSR count). The van der Waals surface area contributed by atoms with Crippen LogP contribution in [0.25, 0.3) is 5.69 Å². The van der Waals surface area contributed by atoms with Gasteiger partial charge in [0.25, 0.3) is 0 Å². The summed E-state index contributed by atoms with van der Waals surface area (Å²) in [5.74, 6) is 0.598. The topological polar surface area (TPSA) is 56.4 Å². The van der Waals surface area contributed by atoms with Gasteiger partial charge in [-0.25, -0.2) is 9.36 Å². The molecule has 0 saturated heterocycles. The van der Waals surface area contributed by atoms with Crippen molar-refractivity contribution in [1.29, 1.82) is 0 Å². The maximum Gasteiger partial charge on any atom is 0.336 e. The smallest absolute Gasteiger partial charge is 0.336 e. The zero-order valence-electron chi connectivity index (χ0n) is 13.3. The van der Waals surface area contributed by atoms with E-state index in [1.807, 2.05) is 24.3 Å². The van der Waals surface area contributed by atoms with Crippen LogP contribution >= 0.6 is 39.1 Å². The van der Waals surface area contributed by atoms with Crippen molar-refractivity contribution < 1.29 is 9.84 Å². The van der Waals surface area contributed by atoms with E-state index < -0.39 is 0 Å². The standard InChI is InChI=1S/C18H13BrCl2N2O3/c19-10-1-3-14(4-2-10)26-15-8-16-17(24)23(18(25)22(16)9-15)13-6-11(20)5-12(21)7-13/h1-7,15,24H,8-9H2/t15-/m0/s1. The van der Waals surface area contributed by atoms with E-state index in [4.69, 9.17) is 27.9 Å². The number of imidazole rings is 1. The highest BCUT2D eigenvalue weighted by Gasteiger charge is 2.31. The summed E-state index contributed by atoms with van der Waals surface area (Å²) >= 11 is 15.4. The molecule has 0 fully saturated rings. The number of aromatic nitrogens is 2. The van der Waals surface area contributed by atoms with Crippen LogP contribution in [-0.4, -0.2) is 20.3 Å². The van der Waals surface area contributed by atoms with Gasteiger partial charge in [0, 0.05) is 20.9 Å². The molecular formula is C18H13BrCl2N2O3. The Labute approximate surface area is 167 Å². The minimum atomic E-state index is -0.349. The Morgan fingerprint density at radius 3 is 2.38 bits per heavy atom. The summed E-state index contributed by atoms with van der Waals surface area (Å²) in [5.41, 5.74) is 0.614. The summed E-state index contributed by atoms with van der Waals surface area (Å²) < 4.78 is 9.62. The van der Waals surface area contributed by atoms with Crippen LogP contribution in [0.2, 0.25) is 10.0 Å². The van der Waals surface area contributed by atoms with Crippen LogP contribution in [0.15, 0.2) is 51.7 Å². The van der Waals surface area contributed by atoms with Gasteiger partial charge >= 0.3 is 5.69 Å². The second kappa shape index (κ2) is 6.68. The molecule has 1 atom stereocenters. The van der Waals surface area contributed by atoms with Crippen molar-refractivity contribution in [2.45, 2.75) is 19.1 Å². The van der Waals surface area contributed by atoms with Crippen LogP contribution in [0, 0.1) is 0 Å². The van der Waals surface area contributed by atoms with Crippen LogP contribution in [0.5, 0.6) is 11.6 Å². The average Bonchev–Trinajstić information content (AvgIpc) is 3.08. The number of benzene rings is 2. The molecule has 2 aromatic carbocycles. The predicted molar refractivity (Wildman–Crippen MR) is 104 cm³/mol. The number of aromatic hydroxyl groups is 1. The highest BCUT2D eigenvalue weighted by Crippen LogP contribution is 2.30. The van der Waals surface area contributed by atoms with Crippen LogP contribution in [0.3, 0.4) is 0 Å². The normalized spacial score (nSPS) is 15.9. The third kappa shape index (κ3) is 3.13. The number of ether oxygens (including phenoxy) is 1. The van der Waals surface area contributed by atoms with Gasteiger partial charge < -0.3 is 9.84 Å². The molecule has 134 valence electrons. The zero-order chi connectivity index (χ0) is 18.4. The molecule has 5 nitrogen and oxygen atoms in total. The van der Waals surface area contributed by atoms with E-state index in [0.717, 1.165) is 4.47 Å². The second-order valence-electron chi connectivity index (χ2n) is 6.02. The van der Waals surface area contributed by atoms with E-state index in [2.05, 4.69) is 15.9 Å². The first kappa shape index (κ1) is 17.5. The van der Waals surface area contributed by atoms with Gasteiger partial charge in [-0.1, -0.05) is 39.1 Å². The quantitative estimate of drug-likeness (QED) is 0.636. The maximum absolute atomic E-state index is 12.8. The predicted octanol–water partition coefficient (Wildman–Crippen LogP) is 4.42.